The Bertz CT molecular complexity index is 86.3. The van der Waals surface area contributed by atoms with Crippen molar-refractivity contribution < 1.29 is 0 Å². The summed E-state index contributed by atoms with van der Waals surface area (Å²) in [5.74, 6) is 3.00. The van der Waals surface area contributed by atoms with Gasteiger partial charge < -0.3 is 0 Å². The second kappa shape index (κ2) is 6.99. The average molecular weight is 128 g/mol. The maximum Gasteiger partial charge on any atom is 0.00919 e. The Hall–Kier alpha value is -0.0100. The molecule has 1 heteroatoms. The quantitative estimate of drug-likeness (QED) is 0.311. The molecular weight excluding hydrogens is 115 g/mol. The van der Waals surface area contributed by atoms with E-state index in [0.29, 0.717) is 0 Å². The van der Waals surface area contributed by atoms with Gasteiger partial charge >= 0.3 is 0 Å². The zero-order valence-corrected chi connectivity index (χ0v) is 6.56. The van der Waals surface area contributed by atoms with Gasteiger partial charge in [-0.2, -0.15) is 0 Å². The molecular formula is C7H13P. The van der Waals surface area contributed by atoms with Crippen LogP contribution in [0.2, 0.25) is 0 Å². The third-order valence-corrected chi connectivity index (χ3v) is 1.21. The second-order valence-corrected chi connectivity index (χ2v) is 2.07. The molecule has 0 rings (SSSR count). The standard InChI is InChI=1S/C7H13P/c1-2-3-4-5-6-7-8/h2-5,8H2,1H3. The molecule has 0 saturated heterocycles. The molecule has 1 unspecified atom stereocenters. The number of rotatable bonds is 3. The van der Waals surface area contributed by atoms with Crippen molar-refractivity contribution in [2.75, 3.05) is 0 Å². The van der Waals surface area contributed by atoms with Crippen LogP contribution in [0.1, 0.15) is 32.6 Å². The number of unbranched alkanes of at least 4 members (excludes halogenated alkanes) is 3. The Morgan fingerprint density at radius 3 is 2.62 bits per heavy atom. The minimum Gasteiger partial charge on any atom is -0.0992 e. The summed E-state index contributed by atoms with van der Waals surface area (Å²) in [6, 6.07) is 0. The normalized spacial score (nSPS) is 7.75. The predicted octanol–water partition coefficient (Wildman–Crippen LogP) is 2.40. The van der Waals surface area contributed by atoms with Gasteiger partial charge in [-0.15, -0.1) is 0 Å². The Morgan fingerprint density at radius 1 is 1.38 bits per heavy atom. The molecule has 0 bridgehead atoms. The maximum absolute atomic E-state index is 3.00. The van der Waals surface area contributed by atoms with Crippen molar-refractivity contribution >= 4 is 9.24 Å². The first-order valence-electron chi connectivity index (χ1n) is 3.10. The molecule has 0 aromatic carbocycles. The van der Waals surface area contributed by atoms with Crippen LogP contribution in [0.25, 0.3) is 0 Å². The lowest BCUT2D eigenvalue weighted by molar-refractivity contribution is 0.737. The maximum atomic E-state index is 3.00. The predicted molar refractivity (Wildman–Crippen MR) is 41.6 cm³/mol. The van der Waals surface area contributed by atoms with Gasteiger partial charge in [0.2, 0.25) is 0 Å². The van der Waals surface area contributed by atoms with Crippen LogP contribution in [0.15, 0.2) is 0 Å². The van der Waals surface area contributed by atoms with E-state index in [2.05, 4.69) is 27.7 Å². The Kier molecular flexibility index (Phi) is 6.98. The first kappa shape index (κ1) is 7.99. The van der Waals surface area contributed by atoms with E-state index in [0.717, 1.165) is 6.42 Å². The van der Waals surface area contributed by atoms with E-state index >= 15 is 0 Å². The first-order chi connectivity index (χ1) is 3.91. The van der Waals surface area contributed by atoms with Gasteiger partial charge in [0.25, 0.3) is 0 Å². The molecule has 0 radical (unpaired) electrons. The summed E-state index contributed by atoms with van der Waals surface area (Å²) < 4.78 is 0. The summed E-state index contributed by atoms with van der Waals surface area (Å²) in [4.78, 5) is 0. The largest absolute Gasteiger partial charge is 0.0992 e. The highest BCUT2D eigenvalue weighted by Crippen LogP contribution is 1.96. The van der Waals surface area contributed by atoms with Crippen LogP contribution in [0, 0.1) is 11.6 Å². The smallest absolute Gasteiger partial charge is 0.00919 e. The average Bonchev–Trinajstić information content (AvgIpc) is 1.81. The van der Waals surface area contributed by atoms with Gasteiger partial charge in [-0.3, -0.25) is 0 Å². The lowest BCUT2D eigenvalue weighted by Gasteiger charge is -1.86. The molecule has 0 heterocycles. The fourth-order valence-electron chi connectivity index (χ4n) is 0.536. The summed E-state index contributed by atoms with van der Waals surface area (Å²) in [7, 11) is 2.40. The first-order valence-corrected chi connectivity index (χ1v) is 3.68. The highest BCUT2D eigenvalue weighted by Gasteiger charge is 1.78. The van der Waals surface area contributed by atoms with Crippen molar-refractivity contribution in [2.45, 2.75) is 32.6 Å². The van der Waals surface area contributed by atoms with E-state index in [-0.39, 0.29) is 0 Å². The third kappa shape index (κ3) is 5.99. The van der Waals surface area contributed by atoms with E-state index in [1.54, 1.807) is 0 Å². The van der Waals surface area contributed by atoms with E-state index in [4.69, 9.17) is 0 Å². The summed E-state index contributed by atoms with van der Waals surface area (Å²) in [6.07, 6.45) is 4.94. The van der Waals surface area contributed by atoms with Crippen LogP contribution < -0.4 is 0 Å². The summed E-state index contributed by atoms with van der Waals surface area (Å²) in [5, 5.41) is 0. The molecule has 0 saturated carbocycles. The zero-order valence-electron chi connectivity index (χ0n) is 5.41. The fraction of sp³-hybridized carbons (Fsp3) is 0.714. The summed E-state index contributed by atoms with van der Waals surface area (Å²) in [6.45, 7) is 2.20. The van der Waals surface area contributed by atoms with Crippen molar-refractivity contribution in [2.24, 2.45) is 0 Å². The fourth-order valence-corrected chi connectivity index (χ4v) is 0.680. The second-order valence-electron chi connectivity index (χ2n) is 1.78. The Morgan fingerprint density at radius 2 is 2.12 bits per heavy atom. The zero-order chi connectivity index (χ0) is 6.24. The molecule has 0 amide bonds. The third-order valence-electron chi connectivity index (χ3n) is 1.01. The molecule has 0 aromatic heterocycles. The molecule has 8 heavy (non-hydrogen) atoms. The lowest BCUT2D eigenvalue weighted by atomic mass is 10.2. The van der Waals surface area contributed by atoms with Crippen molar-refractivity contribution in [3.05, 3.63) is 0 Å². The molecule has 0 nitrogen and oxygen atoms in total. The van der Waals surface area contributed by atoms with Crippen molar-refractivity contribution in [3.63, 3.8) is 0 Å². The van der Waals surface area contributed by atoms with Crippen LogP contribution >= 0.6 is 9.24 Å². The van der Waals surface area contributed by atoms with Crippen molar-refractivity contribution in [1.82, 2.24) is 0 Å². The molecule has 0 aromatic rings. The molecule has 0 aliphatic rings. The van der Waals surface area contributed by atoms with Gasteiger partial charge in [0.05, 0.1) is 0 Å². The minimum absolute atomic E-state index is 1.07. The van der Waals surface area contributed by atoms with E-state index in [9.17, 15) is 0 Å². The van der Waals surface area contributed by atoms with Gasteiger partial charge in [-0.05, 0) is 6.42 Å². The van der Waals surface area contributed by atoms with Crippen molar-refractivity contribution in [1.29, 1.82) is 0 Å². The summed E-state index contributed by atoms with van der Waals surface area (Å²) >= 11 is 0. The van der Waals surface area contributed by atoms with Gasteiger partial charge in [0, 0.05) is 6.42 Å². The van der Waals surface area contributed by atoms with Gasteiger partial charge in [-0.1, -0.05) is 40.6 Å². The minimum atomic E-state index is 1.07. The molecule has 0 spiro atoms. The lowest BCUT2D eigenvalue weighted by Crippen LogP contribution is -1.69. The van der Waals surface area contributed by atoms with Gasteiger partial charge in [0.1, 0.15) is 0 Å². The highest BCUT2D eigenvalue weighted by atomic mass is 31.0. The topological polar surface area (TPSA) is 0 Å². The summed E-state index contributed by atoms with van der Waals surface area (Å²) in [5.41, 5.74) is 2.79. The van der Waals surface area contributed by atoms with Crippen LogP contribution in [0.4, 0.5) is 0 Å². The monoisotopic (exact) mass is 128 g/mol. The molecule has 0 aliphatic heterocycles. The Balaban J connectivity index is 2.79. The van der Waals surface area contributed by atoms with Crippen LogP contribution in [-0.4, -0.2) is 0 Å². The van der Waals surface area contributed by atoms with Crippen LogP contribution in [0.5, 0.6) is 0 Å². The molecule has 1 atom stereocenters. The molecule has 0 fully saturated rings. The molecule has 0 N–H and O–H groups in total. The van der Waals surface area contributed by atoms with Crippen molar-refractivity contribution in [3.8, 4) is 11.6 Å². The highest BCUT2D eigenvalue weighted by molar-refractivity contribution is 7.23. The number of hydrogen-bond donors (Lipinski definition) is 0. The van der Waals surface area contributed by atoms with Crippen LogP contribution in [-0.2, 0) is 0 Å². The van der Waals surface area contributed by atoms with E-state index < -0.39 is 0 Å². The Labute approximate surface area is 54.3 Å². The van der Waals surface area contributed by atoms with Gasteiger partial charge in [-0.25, -0.2) is 0 Å². The van der Waals surface area contributed by atoms with Gasteiger partial charge in [0.15, 0.2) is 0 Å². The van der Waals surface area contributed by atoms with E-state index in [1.165, 1.54) is 19.3 Å². The molecule has 0 aliphatic carbocycles. The van der Waals surface area contributed by atoms with Crippen LogP contribution in [0.3, 0.4) is 0 Å². The molecule has 46 valence electrons. The number of hydrogen-bond acceptors (Lipinski definition) is 0. The SMILES string of the molecule is CCCCCC#CP. The van der Waals surface area contributed by atoms with E-state index in [1.807, 2.05) is 0 Å².